The average Bonchev–Trinajstić information content (AvgIpc) is 3.01. The molecule has 0 saturated carbocycles. The van der Waals surface area contributed by atoms with Crippen LogP contribution in [0.1, 0.15) is 24.6 Å². The van der Waals surface area contributed by atoms with Crippen LogP contribution in [-0.2, 0) is 15.1 Å². The first-order valence-corrected chi connectivity index (χ1v) is 7.46. The highest BCUT2D eigenvalue weighted by Crippen LogP contribution is 2.40. The highest BCUT2D eigenvalue weighted by atomic mass is 35.5. The number of thiazole rings is 1. The van der Waals surface area contributed by atoms with E-state index in [4.69, 9.17) is 16.3 Å². The van der Waals surface area contributed by atoms with Crippen LogP contribution < -0.4 is 5.32 Å². The van der Waals surface area contributed by atoms with Gasteiger partial charge < -0.3 is 10.1 Å². The number of hydrogen-bond acceptors (Lipinski definition) is 5. The summed E-state index contributed by atoms with van der Waals surface area (Å²) in [6.07, 6.45) is 2.91. The summed E-state index contributed by atoms with van der Waals surface area (Å²) in [7, 11) is 0. The monoisotopic (exact) mass is 308 g/mol. The summed E-state index contributed by atoms with van der Waals surface area (Å²) in [6, 6.07) is 7.49. The van der Waals surface area contributed by atoms with Crippen molar-refractivity contribution in [1.29, 1.82) is 0 Å². The zero-order valence-corrected chi connectivity index (χ0v) is 12.4. The second kappa shape index (κ2) is 5.07. The Kier molecular flexibility index (Phi) is 3.40. The molecule has 0 unspecified atom stereocenters. The van der Waals surface area contributed by atoms with Crippen LogP contribution >= 0.6 is 22.9 Å². The van der Waals surface area contributed by atoms with Gasteiger partial charge in [0.05, 0.1) is 15.6 Å². The molecule has 1 aliphatic heterocycles. The van der Waals surface area contributed by atoms with E-state index in [1.807, 2.05) is 31.2 Å². The lowest BCUT2D eigenvalue weighted by Crippen LogP contribution is -2.19. The fourth-order valence-electron chi connectivity index (χ4n) is 2.12. The van der Waals surface area contributed by atoms with Gasteiger partial charge in [-0.15, -0.1) is 0 Å². The first-order chi connectivity index (χ1) is 9.57. The number of benzene rings is 1. The van der Waals surface area contributed by atoms with Gasteiger partial charge in [-0.1, -0.05) is 35.1 Å². The summed E-state index contributed by atoms with van der Waals surface area (Å²) < 4.78 is 5.40. The maximum absolute atomic E-state index is 11.3. The fourth-order valence-corrected chi connectivity index (χ4v) is 3.24. The van der Waals surface area contributed by atoms with Gasteiger partial charge in [-0.2, -0.15) is 0 Å². The molecule has 1 saturated heterocycles. The van der Waals surface area contributed by atoms with E-state index in [-0.39, 0.29) is 5.97 Å². The summed E-state index contributed by atoms with van der Waals surface area (Å²) in [6.45, 7) is 1.92. The number of hydrogen-bond donors (Lipinski definition) is 1. The number of nitrogens with one attached hydrogen (secondary N) is 1. The van der Waals surface area contributed by atoms with E-state index >= 15 is 0 Å². The predicted molar refractivity (Wildman–Crippen MR) is 79.5 cm³/mol. The van der Waals surface area contributed by atoms with Crippen LogP contribution in [0.15, 0.2) is 30.5 Å². The number of carbonyl (C=O) groups is 1. The first kappa shape index (κ1) is 13.4. The number of anilines is 2. The highest BCUT2D eigenvalue weighted by molar-refractivity contribution is 7.15. The first-order valence-electron chi connectivity index (χ1n) is 6.26. The third-order valence-electron chi connectivity index (χ3n) is 3.29. The van der Waals surface area contributed by atoms with Crippen molar-refractivity contribution in [1.82, 2.24) is 4.98 Å². The number of halogens is 1. The van der Waals surface area contributed by atoms with Crippen molar-refractivity contribution in [2.24, 2.45) is 0 Å². The lowest BCUT2D eigenvalue weighted by Gasteiger charge is -2.19. The van der Waals surface area contributed by atoms with Crippen molar-refractivity contribution in [3.8, 4) is 0 Å². The Morgan fingerprint density at radius 1 is 1.45 bits per heavy atom. The zero-order chi connectivity index (χ0) is 14.2. The van der Waals surface area contributed by atoms with E-state index < -0.39 is 5.60 Å². The molecular formula is C14H13ClN2O2S. The topological polar surface area (TPSA) is 51.2 Å². The van der Waals surface area contributed by atoms with E-state index in [9.17, 15) is 4.79 Å². The maximum atomic E-state index is 11.3. The molecule has 4 nitrogen and oxygen atoms in total. The number of rotatable bonds is 3. The molecule has 1 N–H and O–H groups in total. The SMILES string of the molecule is C[C@]1(c2cnc(Nc3ccccc3Cl)s2)CCC(=O)O1. The Morgan fingerprint density at radius 2 is 2.25 bits per heavy atom. The Hall–Kier alpha value is -1.59. The van der Waals surface area contributed by atoms with Gasteiger partial charge in [-0.05, 0) is 19.1 Å². The highest BCUT2D eigenvalue weighted by Gasteiger charge is 2.39. The molecule has 1 aromatic carbocycles. The van der Waals surface area contributed by atoms with E-state index in [1.54, 1.807) is 6.20 Å². The molecule has 1 aromatic heterocycles. The van der Waals surface area contributed by atoms with Gasteiger partial charge in [0.15, 0.2) is 5.13 Å². The Morgan fingerprint density at radius 3 is 2.95 bits per heavy atom. The van der Waals surface area contributed by atoms with E-state index in [0.717, 1.165) is 15.7 Å². The second-order valence-electron chi connectivity index (χ2n) is 4.84. The Labute approximate surface area is 125 Å². The minimum absolute atomic E-state index is 0.151. The van der Waals surface area contributed by atoms with Gasteiger partial charge >= 0.3 is 5.97 Å². The van der Waals surface area contributed by atoms with E-state index in [0.29, 0.717) is 17.9 Å². The minimum atomic E-state index is -0.546. The normalized spacial score (nSPS) is 21.8. The summed E-state index contributed by atoms with van der Waals surface area (Å²) in [5.41, 5.74) is 0.262. The van der Waals surface area contributed by atoms with Crippen molar-refractivity contribution in [2.45, 2.75) is 25.4 Å². The minimum Gasteiger partial charge on any atom is -0.454 e. The Bertz CT molecular complexity index is 658. The van der Waals surface area contributed by atoms with Gasteiger partial charge in [0.2, 0.25) is 0 Å². The van der Waals surface area contributed by atoms with Crippen molar-refractivity contribution in [3.63, 3.8) is 0 Å². The van der Waals surface area contributed by atoms with Gasteiger partial charge in [-0.25, -0.2) is 4.98 Å². The fraction of sp³-hybridized carbons (Fsp3) is 0.286. The van der Waals surface area contributed by atoms with Crippen LogP contribution in [0.4, 0.5) is 10.8 Å². The van der Waals surface area contributed by atoms with Crippen molar-refractivity contribution >= 4 is 39.7 Å². The van der Waals surface area contributed by atoms with Crippen LogP contribution in [0.5, 0.6) is 0 Å². The average molecular weight is 309 g/mol. The zero-order valence-electron chi connectivity index (χ0n) is 10.9. The van der Waals surface area contributed by atoms with Gasteiger partial charge in [0.25, 0.3) is 0 Å². The third-order valence-corrected chi connectivity index (χ3v) is 4.78. The summed E-state index contributed by atoms with van der Waals surface area (Å²) in [5, 5.41) is 4.55. The molecule has 104 valence electrons. The van der Waals surface area contributed by atoms with Crippen molar-refractivity contribution < 1.29 is 9.53 Å². The molecule has 0 aliphatic carbocycles. The number of cyclic esters (lactones) is 1. The van der Waals surface area contributed by atoms with E-state index in [2.05, 4.69) is 10.3 Å². The van der Waals surface area contributed by atoms with Crippen molar-refractivity contribution in [3.05, 3.63) is 40.4 Å². The summed E-state index contributed by atoms with van der Waals surface area (Å²) >= 11 is 7.58. The molecule has 6 heteroatoms. The number of aromatic nitrogens is 1. The molecule has 2 heterocycles. The number of esters is 1. The molecule has 2 aromatic rings. The van der Waals surface area contributed by atoms with Crippen LogP contribution in [-0.4, -0.2) is 11.0 Å². The molecule has 1 atom stereocenters. The van der Waals surface area contributed by atoms with Crippen molar-refractivity contribution in [2.75, 3.05) is 5.32 Å². The standard InChI is InChI=1S/C14H13ClN2O2S/c1-14(7-6-12(18)19-14)11-8-16-13(20-11)17-10-5-3-2-4-9(10)15/h2-5,8H,6-7H2,1H3,(H,16,17)/t14-/m1/s1. The molecule has 20 heavy (non-hydrogen) atoms. The van der Waals surface area contributed by atoms with Gasteiger partial charge in [-0.3, -0.25) is 4.79 Å². The lowest BCUT2D eigenvalue weighted by molar-refractivity contribution is -0.147. The lowest BCUT2D eigenvalue weighted by atomic mass is 10.0. The quantitative estimate of drug-likeness (QED) is 0.868. The Balaban J connectivity index is 1.81. The molecule has 0 spiro atoms. The number of nitrogens with zero attached hydrogens (tertiary/aromatic N) is 1. The van der Waals surface area contributed by atoms with E-state index in [1.165, 1.54) is 11.3 Å². The molecule has 3 rings (SSSR count). The second-order valence-corrected chi connectivity index (χ2v) is 6.28. The molecule has 0 amide bonds. The molecule has 1 fully saturated rings. The van der Waals surface area contributed by atoms with Gasteiger partial charge in [0, 0.05) is 19.0 Å². The van der Waals surface area contributed by atoms with Crippen LogP contribution in [0.25, 0.3) is 0 Å². The summed E-state index contributed by atoms with van der Waals surface area (Å²) in [5.74, 6) is -0.151. The van der Waals surface area contributed by atoms with Crippen LogP contribution in [0.2, 0.25) is 5.02 Å². The predicted octanol–water partition coefficient (Wildman–Crippen LogP) is 4.09. The molecule has 0 bridgehead atoms. The molecule has 0 radical (unpaired) electrons. The maximum Gasteiger partial charge on any atom is 0.306 e. The number of carbonyl (C=O) groups excluding carboxylic acids is 1. The number of para-hydroxylation sites is 1. The smallest absolute Gasteiger partial charge is 0.306 e. The molecule has 1 aliphatic rings. The van der Waals surface area contributed by atoms with Crippen LogP contribution in [0, 0.1) is 0 Å². The van der Waals surface area contributed by atoms with Gasteiger partial charge in [0.1, 0.15) is 5.60 Å². The summed E-state index contributed by atoms with van der Waals surface area (Å²) in [4.78, 5) is 16.6. The largest absolute Gasteiger partial charge is 0.454 e. The third kappa shape index (κ3) is 2.51. The molecular weight excluding hydrogens is 296 g/mol. The number of ether oxygens (including phenoxy) is 1. The van der Waals surface area contributed by atoms with Crippen LogP contribution in [0.3, 0.4) is 0 Å².